The number of nitrogens with one attached hydrogen (secondary N) is 2. The van der Waals surface area contributed by atoms with Gasteiger partial charge in [0, 0.05) is 22.3 Å². The number of anilines is 1. The molecule has 0 saturated heterocycles. The summed E-state index contributed by atoms with van der Waals surface area (Å²) < 4.78 is 13.9. The van der Waals surface area contributed by atoms with E-state index in [9.17, 15) is 24.1 Å². The summed E-state index contributed by atoms with van der Waals surface area (Å²) in [7, 11) is 0. The zero-order chi connectivity index (χ0) is 23.3. The van der Waals surface area contributed by atoms with Gasteiger partial charge in [0.05, 0.1) is 15.5 Å². The second-order valence-electron chi connectivity index (χ2n) is 6.42. The fourth-order valence-corrected chi connectivity index (χ4v) is 3.27. The normalized spacial score (nSPS) is 11.0. The van der Waals surface area contributed by atoms with Crippen LogP contribution in [0, 0.1) is 15.9 Å². The highest BCUT2D eigenvalue weighted by atomic mass is 79.9. The van der Waals surface area contributed by atoms with E-state index in [0.29, 0.717) is 15.6 Å². The zero-order valence-electron chi connectivity index (χ0n) is 16.1. The number of non-ortho nitro benzene ring substituents is 1. The lowest BCUT2D eigenvalue weighted by Gasteiger charge is -2.12. The maximum absolute atomic E-state index is 13.4. The smallest absolute Gasteiger partial charge is 0.272 e. The van der Waals surface area contributed by atoms with Gasteiger partial charge in [-0.3, -0.25) is 19.7 Å². The minimum Gasteiger partial charge on any atom is -0.321 e. The molecule has 0 unspecified atom stereocenters. The van der Waals surface area contributed by atoms with E-state index in [-0.39, 0.29) is 22.1 Å². The molecule has 7 nitrogen and oxygen atoms in total. The average molecular weight is 519 g/mol. The van der Waals surface area contributed by atoms with E-state index in [4.69, 9.17) is 11.6 Å². The van der Waals surface area contributed by atoms with E-state index in [0.717, 1.165) is 6.07 Å². The van der Waals surface area contributed by atoms with Crippen LogP contribution in [0.3, 0.4) is 0 Å². The van der Waals surface area contributed by atoms with Gasteiger partial charge in [-0.25, -0.2) is 4.39 Å². The number of amides is 2. The van der Waals surface area contributed by atoms with Crippen molar-refractivity contribution in [3.05, 3.63) is 109 Å². The Bertz CT molecular complexity index is 1230. The van der Waals surface area contributed by atoms with Gasteiger partial charge in [0.1, 0.15) is 11.5 Å². The Morgan fingerprint density at radius 3 is 2.38 bits per heavy atom. The molecule has 3 aromatic rings. The first-order valence-corrected chi connectivity index (χ1v) is 10.2. The summed E-state index contributed by atoms with van der Waals surface area (Å²) in [6.07, 6.45) is 1.36. The number of hydrogen-bond acceptors (Lipinski definition) is 4. The lowest BCUT2D eigenvalue weighted by molar-refractivity contribution is -0.384. The number of nitro benzene ring substituents is 1. The van der Waals surface area contributed by atoms with E-state index in [1.807, 2.05) is 0 Å². The average Bonchev–Trinajstić information content (AvgIpc) is 2.76. The third-order valence-electron chi connectivity index (χ3n) is 4.20. The summed E-state index contributed by atoms with van der Waals surface area (Å²) in [6.45, 7) is 0. The predicted octanol–water partition coefficient (Wildman–Crippen LogP) is 5.56. The summed E-state index contributed by atoms with van der Waals surface area (Å²) in [6, 6.07) is 15.7. The van der Waals surface area contributed by atoms with Crippen LogP contribution in [0.4, 0.5) is 15.8 Å². The minimum absolute atomic E-state index is 0.119. The highest BCUT2D eigenvalue weighted by Crippen LogP contribution is 2.21. The summed E-state index contributed by atoms with van der Waals surface area (Å²) in [4.78, 5) is 35.9. The van der Waals surface area contributed by atoms with Crippen molar-refractivity contribution in [2.45, 2.75) is 0 Å². The largest absolute Gasteiger partial charge is 0.321 e. The third-order valence-corrected chi connectivity index (χ3v) is 5.18. The number of rotatable bonds is 6. The molecule has 0 heterocycles. The molecule has 0 bridgehead atoms. The Kier molecular flexibility index (Phi) is 7.34. The molecule has 0 aromatic heterocycles. The van der Waals surface area contributed by atoms with E-state index in [2.05, 4.69) is 26.6 Å². The lowest BCUT2D eigenvalue weighted by Crippen LogP contribution is -2.31. The van der Waals surface area contributed by atoms with E-state index >= 15 is 0 Å². The molecule has 32 heavy (non-hydrogen) atoms. The molecule has 162 valence electrons. The van der Waals surface area contributed by atoms with Crippen LogP contribution in [0.25, 0.3) is 6.08 Å². The maximum atomic E-state index is 13.4. The molecule has 3 aromatic carbocycles. The number of carbonyl (C=O) groups is 2. The van der Waals surface area contributed by atoms with Crippen molar-refractivity contribution in [1.82, 2.24) is 5.32 Å². The molecule has 0 aliphatic heterocycles. The Morgan fingerprint density at radius 2 is 1.75 bits per heavy atom. The van der Waals surface area contributed by atoms with Gasteiger partial charge in [0.25, 0.3) is 17.5 Å². The first-order chi connectivity index (χ1) is 15.2. The summed E-state index contributed by atoms with van der Waals surface area (Å²) in [5.41, 5.74) is 0.683. The van der Waals surface area contributed by atoms with Crippen molar-refractivity contribution < 1.29 is 18.9 Å². The van der Waals surface area contributed by atoms with E-state index in [1.165, 1.54) is 42.5 Å². The van der Waals surface area contributed by atoms with Gasteiger partial charge in [-0.1, -0.05) is 23.7 Å². The first-order valence-electron chi connectivity index (χ1n) is 9.03. The number of nitrogens with zero attached hydrogens (tertiary/aromatic N) is 1. The predicted molar refractivity (Wildman–Crippen MR) is 123 cm³/mol. The highest BCUT2D eigenvalue weighted by Gasteiger charge is 2.17. The maximum Gasteiger partial charge on any atom is 0.272 e. The SMILES string of the molecule is O=C(Nc1ccc(F)c(Cl)c1)C(=Cc1ccc([N+](=O)[O-])cc1)NC(=O)c1ccccc1Br. The van der Waals surface area contributed by atoms with Gasteiger partial charge in [-0.05, 0) is 70.0 Å². The number of hydrogen-bond donors (Lipinski definition) is 2. The van der Waals surface area contributed by atoms with Crippen LogP contribution in [0.15, 0.2) is 76.9 Å². The van der Waals surface area contributed by atoms with Gasteiger partial charge in [-0.15, -0.1) is 0 Å². The molecule has 0 aliphatic rings. The highest BCUT2D eigenvalue weighted by molar-refractivity contribution is 9.10. The van der Waals surface area contributed by atoms with Crippen LogP contribution in [-0.2, 0) is 4.79 Å². The Morgan fingerprint density at radius 1 is 1.06 bits per heavy atom. The van der Waals surface area contributed by atoms with Crippen molar-refractivity contribution in [3.63, 3.8) is 0 Å². The molecule has 0 fully saturated rings. The molecule has 0 atom stereocenters. The second kappa shape index (κ2) is 10.2. The minimum atomic E-state index is -0.702. The topological polar surface area (TPSA) is 101 Å². The Balaban J connectivity index is 1.93. The molecule has 0 radical (unpaired) electrons. The fraction of sp³-hybridized carbons (Fsp3) is 0. The Hall–Kier alpha value is -3.56. The van der Waals surface area contributed by atoms with Gasteiger partial charge < -0.3 is 10.6 Å². The number of benzene rings is 3. The van der Waals surface area contributed by atoms with Crippen LogP contribution in [0.5, 0.6) is 0 Å². The molecule has 2 amide bonds. The molecule has 0 saturated carbocycles. The van der Waals surface area contributed by atoms with Crippen molar-refractivity contribution in [2.75, 3.05) is 5.32 Å². The van der Waals surface area contributed by atoms with Crippen molar-refractivity contribution >= 4 is 56.8 Å². The summed E-state index contributed by atoms with van der Waals surface area (Å²) in [5, 5.41) is 15.8. The molecule has 3 rings (SSSR count). The standard InChI is InChI=1S/C22H14BrClFN3O4/c23-17-4-2-1-3-16(17)21(29)27-20(11-13-5-8-15(9-6-13)28(31)32)22(30)26-14-7-10-19(25)18(24)12-14/h1-12H,(H,26,30)(H,27,29). The fourth-order valence-electron chi connectivity index (χ4n) is 2.62. The van der Waals surface area contributed by atoms with Gasteiger partial charge in [-0.2, -0.15) is 0 Å². The van der Waals surface area contributed by atoms with Crippen LogP contribution >= 0.6 is 27.5 Å². The van der Waals surface area contributed by atoms with Crippen molar-refractivity contribution in [2.24, 2.45) is 0 Å². The van der Waals surface area contributed by atoms with Gasteiger partial charge in [0.15, 0.2) is 0 Å². The van der Waals surface area contributed by atoms with Gasteiger partial charge >= 0.3 is 0 Å². The van der Waals surface area contributed by atoms with Crippen molar-refractivity contribution in [3.8, 4) is 0 Å². The quantitative estimate of drug-likeness (QED) is 0.253. The van der Waals surface area contributed by atoms with Crippen LogP contribution in [-0.4, -0.2) is 16.7 Å². The van der Waals surface area contributed by atoms with E-state index < -0.39 is 22.6 Å². The Labute approximate surface area is 195 Å². The second-order valence-corrected chi connectivity index (χ2v) is 7.69. The van der Waals surface area contributed by atoms with Gasteiger partial charge in [0.2, 0.25) is 0 Å². The molecular weight excluding hydrogens is 505 g/mol. The first kappa shape index (κ1) is 23.1. The van der Waals surface area contributed by atoms with Crippen LogP contribution < -0.4 is 10.6 Å². The van der Waals surface area contributed by atoms with E-state index in [1.54, 1.807) is 24.3 Å². The van der Waals surface area contributed by atoms with Crippen LogP contribution in [0.1, 0.15) is 15.9 Å². The number of halogens is 3. The third kappa shape index (κ3) is 5.77. The molecule has 0 aliphatic carbocycles. The van der Waals surface area contributed by atoms with Crippen molar-refractivity contribution in [1.29, 1.82) is 0 Å². The monoisotopic (exact) mass is 517 g/mol. The van der Waals surface area contributed by atoms with Crippen LogP contribution in [0.2, 0.25) is 5.02 Å². The number of nitro groups is 1. The molecule has 10 heteroatoms. The summed E-state index contributed by atoms with van der Waals surface area (Å²) >= 11 is 9.04. The molecular formula is C22H14BrClFN3O4. The molecule has 2 N–H and O–H groups in total. The summed E-state index contributed by atoms with van der Waals surface area (Å²) in [5.74, 6) is -1.90. The zero-order valence-corrected chi connectivity index (χ0v) is 18.5. The lowest BCUT2D eigenvalue weighted by atomic mass is 10.1. The number of carbonyl (C=O) groups excluding carboxylic acids is 2. The molecule has 0 spiro atoms.